The molecule has 1 unspecified atom stereocenters. The fraction of sp³-hybridized carbons (Fsp3) is 0.529. The van der Waals surface area contributed by atoms with Crippen LogP contribution in [-0.2, 0) is 6.42 Å². The van der Waals surface area contributed by atoms with Crippen LogP contribution < -0.4 is 9.47 Å². The summed E-state index contributed by atoms with van der Waals surface area (Å²) in [5.74, 6) is 0.354. The van der Waals surface area contributed by atoms with Gasteiger partial charge in [0.15, 0.2) is 17.2 Å². The number of hydrogen-bond acceptors (Lipinski definition) is 4. The van der Waals surface area contributed by atoms with E-state index in [-0.39, 0.29) is 28.5 Å². The maximum Gasteiger partial charge on any atom is 0.387 e. The first-order chi connectivity index (χ1) is 11.2. The number of carbonyl (C=O) groups is 1. The van der Waals surface area contributed by atoms with E-state index in [2.05, 4.69) is 30.5 Å². The first kappa shape index (κ1) is 16.7. The molecule has 0 bridgehead atoms. The molecule has 0 amide bonds. The number of halogens is 2. The Bertz CT molecular complexity index is 793. The Hall–Kier alpha value is -2.18. The number of aromatic nitrogens is 2. The van der Waals surface area contributed by atoms with Crippen molar-refractivity contribution in [2.24, 2.45) is 11.3 Å². The van der Waals surface area contributed by atoms with E-state index < -0.39 is 6.61 Å². The van der Waals surface area contributed by atoms with Crippen molar-refractivity contribution in [1.29, 1.82) is 0 Å². The highest BCUT2D eigenvalue weighted by Gasteiger charge is 2.36. The molecule has 3 rings (SSSR count). The van der Waals surface area contributed by atoms with Crippen LogP contribution in [0.4, 0.5) is 8.78 Å². The normalized spacial score (nSPS) is 18.1. The van der Waals surface area contributed by atoms with Crippen molar-refractivity contribution in [1.82, 2.24) is 9.38 Å². The molecule has 7 heteroatoms. The van der Waals surface area contributed by atoms with Gasteiger partial charge in [0.05, 0.1) is 19.0 Å². The van der Waals surface area contributed by atoms with Crippen molar-refractivity contribution in [3.8, 4) is 11.5 Å². The predicted molar refractivity (Wildman–Crippen MR) is 84.0 cm³/mol. The summed E-state index contributed by atoms with van der Waals surface area (Å²) < 4.78 is 36.8. The molecule has 2 aromatic rings. The summed E-state index contributed by atoms with van der Waals surface area (Å²) in [7, 11) is 1.44. The summed E-state index contributed by atoms with van der Waals surface area (Å²) in [6, 6.07) is 1.35. The van der Waals surface area contributed by atoms with Crippen molar-refractivity contribution < 1.29 is 23.0 Å². The Morgan fingerprint density at radius 2 is 2.04 bits per heavy atom. The largest absolute Gasteiger partial charge is 0.495 e. The monoisotopic (exact) mass is 338 g/mol. The van der Waals surface area contributed by atoms with Gasteiger partial charge in [-0.2, -0.15) is 8.78 Å². The van der Waals surface area contributed by atoms with Gasteiger partial charge in [-0.1, -0.05) is 20.8 Å². The van der Waals surface area contributed by atoms with Crippen LogP contribution in [0, 0.1) is 11.3 Å². The zero-order valence-corrected chi connectivity index (χ0v) is 14.1. The molecule has 0 radical (unpaired) electrons. The summed E-state index contributed by atoms with van der Waals surface area (Å²) in [5, 5.41) is 0. The quantitative estimate of drug-likeness (QED) is 0.855. The Morgan fingerprint density at radius 3 is 2.62 bits per heavy atom. The van der Waals surface area contributed by atoms with E-state index in [0.717, 1.165) is 5.69 Å². The van der Waals surface area contributed by atoms with Gasteiger partial charge >= 0.3 is 6.61 Å². The van der Waals surface area contributed by atoms with Crippen molar-refractivity contribution in [3.05, 3.63) is 23.7 Å². The van der Waals surface area contributed by atoms with Crippen LogP contribution >= 0.6 is 0 Å². The molecular formula is C17H20F2N2O3. The summed E-state index contributed by atoms with van der Waals surface area (Å²) in [6.45, 7) is 3.29. The van der Waals surface area contributed by atoms with E-state index in [1.807, 2.05) is 0 Å². The van der Waals surface area contributed by atoms with Crippen LogP contribution in [0.15, 0.2) is 12.3 Å². The van der Waals surface area contributed by atoms with E-state index in [0.29, 0.717) is 24.3 Å². The minimum Gasteiger partial charge on any atom is -0.495 e. The zero-order chi connectivity index (χ0) is 17.6. The molecular weight excluding hydrogens is 318 g/mol. The van der Waals surface area contributed by atoms with Crippen LogP contribution in [0.3, 0.4) is 0 Å². The average Bonchev–Trinajstić information content (AvgIpc) is 2.85. The van der Waals surface area contributed by atoms with Gasteiger partial charge < -0.3 is 9.47 Å². The van der Waals surface area contributed by atoms with Crippen LogP contribution in [0.2, 0.25) is 0 Å². The molecule has 0 saturated heterocycles. The Kier molecular flexibility index (Phi) is 3.97. The summed E-state index contributed by atoms with van der Waals surface area (Å²) >= 11 is 0. The number of rotatable bonds is 3. The smallest absolute Gasteiger partial charge is 0.387 e. The maximum atomic E-state index is 12.7. The second-order valence-corrected chi connectivity index (χ2v) is 7.12. The summed E-state index contributed by atoms with van der Waals surface area (Å²) in [6.07, 6.45) is 2.70. The van der Waals surface area contributed by atoms with E-state index in [9.17, 15) is 13.6 Å². The predicted octanol–water partition coefficient (Wildman–Crippen LogP) is 3.74. The van der Waals surface area contributed by atoms with E-state index in [1.165, 1.54) is 13.2 Å². The number of pyridine rings is 1. The van der Waals surface area contributed by atoms with Crippen LogP contribution in [0.5, 0.6) is 11.5 Å². The SMILES string of the molecule is COc1cc(OC(F)F)c2nc3c(n2c1)CC(C(C)(C)C)CC3=O. The minimum absolute atomic E-state index is 0.0430. The van der Waals surface area contributed by atoms with Crippen molar-refractivity contribution in [3.63, 3.8) is 0 Å². The highest BCUT2D eigenvalue weighted by atomic mass is 19.3. The van der Waals surface area contributed by atoms with Gasteiger partial charge in [0, 0.05) is 12.5 Å². The second kappa shape index (κ2) is 5.72. The van der Waals surface area contributed by atoms with Crippen molar-refractivity contribution in [2.75, 3.05) is 7.11 Å². The van der Waals surface area contributed by atoms with Crippen LogP contribution in [-0.4, -0.2) is 28.9 Å². The maximum absolute atomic E-state index is 12.7. The number of nitrogens with zero attached hydrogens (tertiary/aromatic N) is 2. The van der Waals surface area contributed by atoms with Crippen LogP contribution in [0.25, 0.3) is 5.65 Å². The van der Waals surface area contributed by atoms with Gasteiger partial charge in [-0.3, -0.25) is 9.20 Å². The molecule has 1 aliphatic carbocycles. The summed E-state index contributed by atoms with van der Waals surface area (Å²) in [5.41, 5.74) is 1.23. The zero-order valence-electron chi connectivity index (χ0n) is 14.1. The number of ketones is 1. The van der Waals surface area contributed by atoms with E-state index >= 15 is 0 Å². The number of alkyl halides is 2. The number of hydrogen-bond donors (Lipinski definition) is 0. The lowest BCUT2D eigenvalue weighted by atomic mass is 9.72. The number of Topliss-reactive ketones (excluding diaryl/α,β-unsaturated/α-hetero) is 1. The van der Waals surface area contributed by atoms with Gasteiger partial charge in [0.2, 0.25) is 0 Å². The molecule has 5 nitrogen and oxygen atoms in total. The van der Waals surface area contributed by atoms with Gasteiger partial charge in [0.25, 0.3) is 0 Å². The topological polar surface area (TPSA) is 52.8 Å². The van der Waals surface area contributed by atoms with Gasteiger partial charge in [-0.15, -0.1) is 0 Å². The molecule has 1 atom stereocenters. The van der Waals surface area contributed by atoms with Crippen LogP contribution in [0.1, 0.15) is 43.4 Å². The van der Waals surface area contributed by atoms with Gasteiger partial charge in [-0.25, -0.2) is 4.98 Å². The average molecular weight is 338 g/mol. The van der Waals surface area contributed by atoms with E-state index in [1.54, 1.807) is 10.6 Å². The first-order valence-electron chi connectivity index (χ1n) is 7.77. The second-order valence-electron chi connectivity index (χ2n) is 7.12. The Labute approximate surface area is 138 Å². The molecule has 130 valence electrons. The molecule has 0 N–H and O–H groups in total. The third-order valence-corrected chi connectivity index (χ3v) is 4.57. The van der Waals surface area contributed by atoms with E-state index in [4.69, 9.17) is 4.74 Å². The fourth-order valence-corrected chi connectivity index (χ4v) is 3.09. The van der Waals surface area contributed by atoms with Crippen molar-refractivity contribution >= 4 is 11.4 Å². The lowest BCUT2D eigenvalue weighted by Gasteiger charge is -2.32. The fourth-order valence-electron chi connectivity index (χ4n) is 3.09. The number of fused-ring (bicyclic) bond motifs is 3. The molecule has 2 heterocycles. The molecule has 24 heavy (non-hydrogen) atoms. The number of methoxy groups -OCH3 is 1. The standard InChI is InChI=1S/C17H20F2N2O3/c1-17(2,3)9-5-11-14(12(22)6-9)20-15-13(24-16(18)19)7-10(23-4)8-21(11)15/h7-9,16H,5-6H2,1-4H3. The highest BCUT2D eigenvalue weighted by molar-refractivity contribution is 5.97. The first-order valence-corrected chi connectivity index (χ1v) is 7.77. The van der Waals surface area contributed by atoms with Crippen molar-refractivity contribution in [2.45, 2.75) is 40.2 Å². The molecule has 2 aromatic heterocycles. The number of ether oxygens (including phenoxy) is 2. The molecule has 1 aliphatic rings. The third kappa shape index (κ3) is 2.83. The molecule has 0 fully saturated rings. The molecule has 0 saturated carbocycles. The highest BCUT2D eigenvalue weighted by Crippen LogP contribution is 2.39. The minimum atomic E-state index is -2.98. The molecule has 0 aliphatic heterocycles. The third-order valence-electron chi connectivity index (χ3n) is 4.57. The Balaban J connectivity index is 2.19. The number of imidazole rings is 1. The molecule has 0 aromatic carbocycles. The number of carbonyl (C=O) groups excluding carboxylic acids is 1. The van der Waals surface area contributed by atoms with Gasteiger partial charge in [0.1, 0.15) is 11.4 Å². The summed E-state index contributed by atoms with van der Waals surface area (Å²) in [4.78, 5) is 16.8. The molecule has 0 spiro atoms. The van der Waals surface area contributed by atoms with Gasteiger partial charge in [-0.05, 0) is 17.8 Å². The lowest BCUT2D eigenvalue weighted by molar-refractivity contribution is -0.0492. The lowest BCUT2D eigenvalue weighted by Crippen LogP contribution is -2.30. The Morgan fingerprint density at radius 1 is 1.33 bits per heavy atom.